The van der Waals surface area contributed by atoms with Gasteiger partial charge in [-0.1, -0.05) is 13.3 Å². The monoisotopic (exact) mass is 343 g/mol. The number of carbonyl (C=O) groups excluding carboxylic acids is 1. The van der Waals surface area contributed by atoms with Crippen LogP contribution in [0, 0.1) is 0 Å². The number of anilines is 1. The Morgan fingerprint density at radius 2 is 1.84 bits per heavy atom. The van der Waals surface area contributed by atoms with Crippen molar-refractivity contribution in [2.24, 2.45) is 0 Å². The van der Waals surface area contributed by atoms with Gasteiger partial charge in [-0.2, -0.15) is 0 Å². The van der Waals surface area contributed by atoms with Gasteiger partial charge in [0.25, 0.3) is 5.91 Å². The Hall–Kier alpha value is -3.02. The molecule has 0 saturated heterocycles. The lowest BCUT2D eigenvalue weighted by Crippen LogP contribution is -2.12. The molecule has 6 nitrogen and oxygen atoms in total. The van der Waals surface area contributed by atoms with Gasteiger partial charge < -0.3 is 19.9 Å². The van der Waals surface area contributed by atoms with Gasteiger partial charge in [0.2, 0.25) is 0 Å². The van der Waals surface area contributed by atoms with Gasteiger partial charge in [-0.05, 0) is 42.8 Å². The molecule has 0 fully saturated rings. The first-order valence-electron chi connectivity index (χ1n) is 8.00. The van der Waals surface area contributed by atoms with Gasteiger partial charge in [-0.15, -0.1) is 0 Å². The molecule has 2 N–H and O–H groups in total. The van der Waals surface area contributed by atoms with E-state index in [2.05, 4.69) is 12.2 Å². The Morgan fingerprint density at radius 1 is 1.12 bits per heavy atom. The molecule has 0 aliphatic rings. The van der Waals surface area contributed by atoms with Crippen LogP contribution in [0.3, 0.4) is 0 Å². The number of nitrogens with one attached hydrogen (secondary N) is 1. The smallest absolute Gasteiger partial charge is 0.339 e. The van der Waals surface area contributed by atoms with Gasteiger partial charge >= 0.3 is 5.97 Å². The molecule has 0 bridgehead atoms. The molecule has 2 aromatic carbocycles. The third-order valence-corrected chi connectivity index (χ3v) is 3.57. The molecular formula is C19H21NO5. The van der Waals surface area contributed by atoms with Crippen LogP contribution < -0.4 is 14.8 Å². The number of unbranched alkanes of at least 4 members (excludes halogenated alkanes) is 1. The van der Waals surface area contributed by atoms with Crippen molar-refractivity contribution < 1.29 is 24.2 Å². The van der Waals surface area contributed by atoms with Gasteiger partial charge in [0.05, 0.1) is 13.7 Å². The van der Waals surface area contributed by atoms with Crippen LogP contribution in [0.4, 0.5) is 5.69 Å². The first-order valence-corrected chi connectivity index (χ1v) is 8.00. The van der Waals surface area contributed by atoms with Gasteiger partial charge in [0.1, 0.15) is 17.1 Å². The quantitative estimate of drug-likeness (QED) is 0.712. The summed E-state index contributed by atoms with van der Waals surface area (Å²) in [7, 11) is 1.38. The third kappa shape index (κ3) is 4.97. The molecule has 0 aliphatic carbocycles. The van der Waals surface area contributed by atoms with E-state index in [9.17, 15) is 9.59 Å². The van der Waals surface area contributed by atoms with Gasteiger partial charge in [-0.25, -0.2) is 4.79 Å². The Balaban J connectivity index is 2.05. The van der Waals surface area contributed by atoms with E-state index in [1.165, 1.54) is 25.3 Å². The fourth-order valence-electron chi connectivity index (χ4n) is 2.19. The van der Waals surface area contributed by atoms with E-state index in [1.54, 1.807) is 24.3 Å². The highest BCUT2D eigenvalue weighted by molar-refractivity contribution is 6.04. The minimum atomic E-state index is -1.09. The van der Waals surface area contributed by atoms with Crippen molar-refractivity contribution in [2.45, 2.75) is 19.8 Å². The molecule has 132 valence electrons. The number of hydrogen-bond acceptors (Lipinski definition) is 4. The Bertz CT molecular complexity index is 740. The largest absolute Gasteiger partial charge is 0.496 e. The number of hydrogen-bond donors (Lipinski definition) is 2. The topological polar surface area (TPSA) is 84.9 Å². The number of methoxy groups -OCH3 is 1. The number of carboxylic acid groups (broad SMARTS) is 1. The van der Waals surface area contributed by atoms with E-state index in [0.29, 0.717) is 17.9 Å². The van der Waals surface area contributed by atoms with Gasteiger partial charge in [0, 0.05) is 17.3 Å². The minimum absolute atomic E-state index is 0.0362. The van der Waals surface area contributed by atoms with Crippen molar-refractivity contribution in [1.29, 1.82) is 0 Å². The first-order chi connectivity index (χ1) is 12.0. The molecular weight excluding hydrogens is 322 g/mol. The maximum Gasteiger partial charge on any atom is 0.339 e. The summed E-state index contributed by atoms with van der Waals surface area (Å²) in [5.74, 6) is -0.485. The standard InChI is InChI=1S/C19H21NO5/c1-3-4-11-25-15-8-5-13(6-9-15)18(21)20-14-7-10-16(19(22)23)17(12-14)24-2/h5-10,12H,3-4,11H2,1-2H3,(H,20,21)(H,22,23). The second kappa shape index (κ2) is 8.73. The second-order valence-corrected chi connectivity index (χ2v) is 5.40. The molecule has 2 aromatic rings. The van der Waals surface area contributed by atoms with E-state index in [0.717, 1.165) is 18.6 Å². The molecule has 25 heavy (non-hydrogen) atoms. The summed E-state index contributed by atoms with van der Waals surface area (Å²) in [4.78, 5) is 23.4. The molecule has 0 saturated carbocycles. The Labute approximate surface area is 146 Å². The highest BCUT2D eigenvalue weighted by atomic mass is 16.5. The predicted molar refractivity (Wildman–Crippen MR) is 94.8 cm³/mol. The number of ether oxygens (including phenoxy) is 2. The molecule has 0 aromatic heterocycles. The minimum Gasteiger partial charge on any atom is -0.496 e. The fraction of sp³-hybridized carbons (Fsp3) is 0.263. The zero-order valence-electron chi connectivity index (χ0n) is 14.2. The van der Waals surface area contributed by atoms with Gasteiger partial charge in [0.15, 0.2) is 0 Å². The highest BCUT2D eigenvalue weighted by Crippen LogP contribution is 2.24. The molecule has 1 amide bonds. The maximum atomic E-state index is 12.3. The van der Waals surface area contributed by atoms with Crippen LogP contribution in [-0.2, 0) is 0 Å². The van der Waals surface area contributed by atoms with Crippen molar-refractivity contribution in [2.75, 3.05) is 19.0 Å². The lowest BCUT2D eigenvalue weighted by Gasteiger charge is -2.10. The molecule has 0 radical (unpaired) electrons. The number of carboxylic acids is 1. The summed E-state index contributed by atoms with van der Waals surface area (Å²) in [5.41, 5.74) is 0.966. The molecule has 0 unspecified atom stereocenters. The van der Waals surface area contributed by atoms with E-state index >= 15 is 0 Å². The summed E-state index contributed by atoms with van der Waals surface area (Å²) in [5, 5.41) is 11.8. The highest BCUT2D eigenvalue weighted by Gasteiger charge is 2.13. The molecule has 0 aliphatic heterocycles. The Morgan fingerprint density at radius 3 is 2.44 bits per heavy atom. The van der Waals surface area contributed by atoms with Crippen molar-refractivity contribution in [1.82, 2.24) is 0 Å². The van der Waals surface area contributed by atoms with Crippen LogP contribution >= 0.6 is 0 Å². The summed E-state index contributed by atoms with van der Waals surface area (Å²) in [6, 6.07) is 11.2. The van der Waals surface area contributed by atoms with Crippen LogP contribution in [0.2, 0.25) is 0 Å². The van der Waals surface area contributed by atoms with Crippen LogP contribution in [-0.4, -0.2) is 30.7 Å². The van der Waals surface area contributed by atoms with Crippen molar-refractivity contribution in [3.05, 3.63) is 53.6 Å². The summed E-state index contributed by atoms with van der Waals surface area (Å²) in [6.45, 7) is 2.74. The molecule has 0 spiro atoms. The summed E-state index contributed by atoms with van der Waals surface area (Å²) < 4.78 is 10.6. The Kier molecular flexibility index (Phi) is 6.39. The lowest BCUT2D eigenvalue weighted by molar-refractivity contribution is 0.0693. The van der Waals surface area contributed by atoms with Crippen molar-refractivity contribution in [3.8, 4) is 11.5 Å². The average Bonchev–Trinajstić information content (AvgIpc) is 2.62. The lowest BCUT2D eigenvalue weighted by atomic mass is 10.1. The van der Waals surface area contributed by atoms with Crippen LogP contribution in [0.5, 0.6) is 11.5 Å². The number of benzene rings is 2. The molecule has 2 rings (SSSR count). The average molecular weight is 343 g/mol. The van der Waals surface area contributed by atoms with Crippen molar-refractivity contribution in [3.63, 3.8) is 0 Å². The van der Waals surface area contributed by atoms with E-state index in [1.807, 2.05) is 0 Å². The van der Waals surface area contributed by atoms with Crippen LogP contribution in [0.25, 0.3) is 0 Å². The van der Waals surface area contributed by atoms with E-state index in [-0.39, 0.29) is 17.2 Å². The van der Waals surface area contributed by atoms with Crippen LogP contribution in [0.15, 0.2) is 42.5 Å². The fourth-order valence-corrected chi connectivity index (χ4v) is 2.19. The SMILES string of the molecule is CCCCOc1ccc(C(=O)Nc2ccc(C(=O)O)c(OC)c2)cc1. The molecule has 6 heteroatoms. The predicted octanol–water partition coefficient (Wildman–Crippen LogP) is 3.82. The van der Waals surface area contributed by atoms with Crippen molar-refractivity contribution >= 4 is 17.6 Å². The van der Waals surface area contributed by atoms with Gasteiger partial charge in [-0.3, -0.25) is 4.79 Å². The normalized spacial score (nSPS) is 10.2. The first kappa shape index (κ1) is 18.3. The maximum absolute atomic E-state index is 12.3. The number of rotatable bonds is 8. The summed E-state index contributed by atoms with van der Waals surface area (Å²) >= 11 is 0. The number of carbonyl (C=O) groups is 2. The molecule has 0 heterocycles. The second-order valence-electron chi connectivity index (χ2n) is 5.40. The third-order valence-electron chi connectivity index (χ3n) is 3.57. The van der Waals surface area contributed by atoms with E-state index in [4.69, 9.17) is 14.6 Å². The number of aromatic carboxylic acids is 1. The zero-order chi connectivity index (χ0) is 18.2. The zero-order valence-corrected chi connectivity index (χ0v) is 14.2. The van der Waals surface area contributed by atoms with Crippen LogP contribution in [0.1, 0.15) is 40.5 Å². The summed E-state index contributed by atoms with van der Waals surface area (Å²) in [6.07, 6.45) is 2.04. The van der Waals surface area contributed by atoms with E-state index < -0.39 is 5.97 Å². The molecule has 0 atom stereocenters. The number of amides is 1.